The van der Waals surface area contributed by atoms with Gasteiger partial charge in [-0.05, 0) is 40.3 Å². The van der Waals surface area contributed by atoms with Crippen molar-refractivity contribution in [3.63, 3.8) is 0 Å². The summed E-state index contributed by atoms with van der Waals surface area (Å²) in [5.74, 6) is 0.758. The Bertz CT molecular complexity index is 1820. The first kappa shape index (κ1) is 21.3. The van der Waals surface area contributed by atoms with Crippen molar-refractivity contribution < 1.29 is 0 Å². The molecule has 2 nitrogen and oxygen atoms in total. The maximum absolute atomic E-state index is 5.46. The lowest BCUT2D eigenvalue weighted by molar-refractivity contribution is 0.758. The summed E-state index contributed by atoms with van der Waals surface area (Å²) >= 11 is 0. The highest BCUT2D eigenvalue weighted by atomic mass is 14.9. The second kappa shape index (κ2) is 7.84. The number of aromatic nitrogens is 2. The Kier molecular flexibility index (Phi) is 4.39. The van der Waals surface area contributed by atoms with E-state index in [0.29, 0.717) is 0 Å². The zero-order valence-corrected chi connectivity index (χ0v) is 21.0. The van der Waals surface area contributed by atoms with Crippen molar-refractivity contribution in [2.24, 2.45) is 0 Å². The Morgan fingerprint density at radius 1 is 0.474 bits per heavy atom. The molecule has 0 amide bonds. The smallest absolute Gasteiger partial charge is 0.160 e. The Morgan fingerprint density at radius 2 is 1.00 bits per heavy atom. The second-order valence-corrected chi connectivity index (χ2v) is 10.2. The van der Waals surface area contributed by atoms with Gasteiger partial charge in [0.15, 0.2) is 5.82 Å². The van der Waals surface area contributed by atoms with E-state index in [0.717, 1.165) is 33.9 Å². The zero-order valence-electron chi connectivity index (χ0n) is 21.0. The normalized spacial score (nSPS) is 13.6. The van der Waals surface area contributed by atoms with Crippen LogP contribution in [0.2, 0.25) is 0 Å². The van der Waals surface area contributed by atoms with Gasteiger partial charge in [-0.2, -0.15) is 0 Å². The second-order valence-electron chi connectivity index (χ2n) is 10.2. The van der Waals surface area contributed by atoms with Crippen molar-refractivity contribution in [1.82, 2.24) is 9.97 Å². The van der Waals surface area contributed by atoms with E-state index >= 15 is 0 Å². The summed E-state index contributed by atoms with van der Waals surface area (Å²) in [5.41, 5.74) is 13.7. The van der Waals surface area contributed by atoms with Gasteiger partial charge in [-0.15, -0.1) is 0 Å². The van der Waals surface area contributed by atoms with Crippen molar-refractivity contribution >= 4 is 0 Å². The van der Waals surface area contributed by atoms with Gasteiger partial charge in [0.1, 0.15) is 0 Å². The topological polar surface area (TPSA) is 25.8 Å². The molecular weight excluding hydrogens is 460 g/mol. The van der Waals surface area contributed by atoms with Gasteiger partial charge in [-0.3, -0.25) is 0 Å². The van der Waals surface area contributed by atoms with Crippen LogP contribution in [0.15, 0.2) is 127 Å². The van der Waals surface area contributed by atoms with Gasteiger partial charge in [0.05, 0.1) is 16.8 Å². The summed E-state index contributed by atoms with van der Waals surface area (Å²) in [6, 6.07) is 45.6. The Balaban J connectivity index is 1.57. The molecule has 0 radical (unpaired) electrons. The third-order valence-corrected chi connectivity index (χ3v) is 8.17. The minimum Gasteiger partial charge on any atom is -0.231 e. The van der Waals surface area contributed by atoms with E-state index in [-0.39, 0.29) is 0 Å². The average molecular weight is 485 g/mol. The van der Waals surface area contributed by atoms with E-state index in [1.165, 1.54) is 38.9 Å². The molecular formula is C36H24N2. The van der Waals surface area contributed by atoms with Gasteiger partial charge >= 0.3 is 0 Å². The van der Waals surface area contributed by atoms with Gasteiger partial charge in [-0.25, -0.2) is 9.97 Å². The van der Waals surface area contributed by atoms with Crippen LogP contribution >= 0.6 is 0 Å². The maximum Gasteiger partial charge on any atom is 0.160 e. The summed E-state index contributed by atoms with van der Waals surface area (Å²) in [7, 11) is 0. The number of hydrogen-bond donors (Lipinski definition) is 0. The lowest BCUT2D eigenvalue weighted by Gasteiger charge is -2.29. The van der Waals surface area contributed by atoms with Crippen LogP contribution < -0.4 is 0 Å². The number of rotatable bonds is 2. The Morgan fingerprint density at radius 3 is 1.63 bits per heavy atom. The van der Waals surface area contributed by atoms with Crippen LogP contribution in [0, 0.1) is 6.92 Å². The molecule has 0 saturated heterocycles. The van der Waals surface area contributed by atoms with Crippen molar-refractivity contribution in [3.8, 4) is 44.9 Å². The molecule has 0 atom stereocenters. The minimum absolute atomic E-state index is 0.495. The van der Waals surface area contributed by atoms with Crippen molar-refractivity contribution in [2.75, 3.05) is 0 Å². The first-order valence-electron chi connectivity index (χ1n) is 13.1. The molecule has 6 aromatic rings. The number of hydrogen-bond acceptors (Lipinski definition) is 2. The molecule has 0 aliphatic heterocycles. The molecule has 0 fully saturated rings. The molecule has 0 unspecified atom stereocenters. The number of nitrogens with zero attached hydrogens (tertiary/aromatic N) is 2. The largest absolute Gasteiger partial charge is 0.231 e. The van der Waals surface area contributed by atoms with E-state index in [4.69, 9.17) is 9.97 Å². The number of fused-ring (bicyclic) bond motifs is 10. The lowest BCUT2D eigenvalue weighted by atomic mass is 9.72. The predicted molar refractivity (Wildman–Crippen MR) is 154 cm³/mol. The first-order chi connectivity index (χ1) is 18.8. The Hall–Kier alpha value is -4.82. The number of aryl methyl sites for hydroxylation is 1. The fourth-order valence-corrected chi connectivity index (χ4v) is 6.56. The monoisotopic (exact) mass is 484 g/mol. The van der Waals surface area contributed by atoms with E-state index in [9.17, 15) is 0 Å². The van der Waals surface area contributed by atoms with Crippen LogP contribution in [0.25, 0.3) is 44.9 Å². The molecule has 5 aromatic carbocycles. The third kappa shape index (κ3) is 2.72. The van der Waals surface area contributed by atoms with E-state index in [2.05, 4.69) is 128 Å². The molecule has 8 rings (SSSR count). The zero-order chi connectivity index (χ0) is 25.3. The van der Waals surface area contributed by atoms with Gasteiger partial charge in [-0.1, -0.05) is 133 Å². The molecule has 2 aliphatic rings. The third-order valence-electron chi connectivity index (χ3n) is 8.17. The molecule has 1 aromatic heterocycles. The van der Waals surface area contributed by atoms with Gasteiger partial charge in [0.2, 0.25) is 0 Å². The summed E-state index contributed by atoms with van der Waals surface area (Å²) in [4.78, 5) is 10.7. The fraction of sp³-hybridized carbons (Fsp3) is 0.0556. The molecule has 1 spiro atoms. The average Bonchev–Trinajstić information content (AvgIpc) is 3.45. The molecule has 0 bridgehead atoms. The van der Waals surface area contributed by atoms with Crippen molar-refractivity contribution in [1.29, 1.82) is 0 Å². The minimum atomic E-state index is -0.495. The summed E-state index contributed by atoms with van der Waals surface area (Å²) in [6.45, 7) is 2.13. The molecule has 38 heavy (non-hydrogen) atoms. The van der Waals surface area contributed by atoms with E-state index in [1.807, 2.05) is 6.07 Å². The summed E-state index contributed by atoms with van der Waals surface area (Å²) < 4.78 is 0. The molecule has 2 aliphatic carbocycles. The van der Waals surface area contributed by atoms with E-state index in [1.54, 1.807) is 0 Å². The molecule has 0 saturated carbocycles. The SMILES string of the molecule is Cc1ccc(-c2nc(-c3ccccc3)nc3c2-c2ccccc2C32c3ccccc3-c3ccccc32)cc1. The highest BCUT2D eigenvalue weighted by Gasteiger charge is 2.53. The predicted octanol–water partition coefficient (Wildman–Crippen LogP) is 8.46. The maximum atomic E-state index is 5.46. The molecule has 0 N–H and O–H groups in total. The van der Waals surface area contributed by atoms with Crippen LogP contribution in [-0.2, 0) is 5.41 Å². The van der Waals surface area contributed by atoms with Gasteiger partial charge in [0.25, 0.3) is 0 Å². The standard InChI is InChI=1S/C36H24N2/c1-23-19-21-24(22-20-23)33-32-28-15-7-10-18-31(28)36(34(32)38-35(37-33)25-11-3-2-4-12-25)29-16-8-5-13-26(29)27-14-6-9-17-30(27)36/h2-22H,1H3. The van der Waals surface area contributed by atoms with Crippen LogP contribution in [-0.4, -0.2) is 9.97 Å². The van der Waals surface area contributed by atoms with Crippen molar-refractivity contribution in [3.05, 3.63) is 155 Å². The van der Waals surface area contributed by atoms with E-state index < -0.39 is 5.41 Å². The van der Waals surface area contributed by atoms with Gasteiger partial charge < -0.3 is 0 Å². The van der Waals surface area contributed by atoms with Crippen LogP contribution in [0.3, 0.4) is 0 Å². The first-order valence-corrected chi connectivity index (χ1v) is 13.1. The van der Waals surface area contributed by atoms with Crippen LogP contribution in [0.5, 0.6) is 0 Å². The molecule has 178 valence electrons. The Labute approximate surface area is 222 Å². The summed E-state index contributed by atoms with van der Waals surface area (Å²) in [5, 5.41) is 0. The summed E-state index contributed by atoms with van der Waals surface area (Å²) in [6.07, 6.45) is 0. The van der Waals surface area contributed by atoms with Crippen LogP contribution in [0.1, 0.15) is 27.9 Å². The quantitative estimate of drug-likeness (QED) is 0.246. The fourth-order valence-electron chi connectivity index (χ4n) is 6.56. The van der Waals surface area contributed by atoms with Gasteiger partial charge in [0, 0.05) is 16.7 Å². The number of benzene rings is 5. The van der Waals surface area contributed by atoms with Crippen LogP contribution in [0.4, 0.5) is 0 Å². The molecule has 1 heterocycles. The lowest BCUT2D eigenvalue weighted by Crippen LogP contribution is -2.27. The van der Waals surface area contributed by atoms with Crippen molar-refractivity contribution in [2.45, 2.75) is 12.3 Å². The molecule has 2 heteroatoms. The highest BCUT2D eigenvalue weighted by molar-refractivity contribution is 5.98. The highest BCUT2D eigenvalue weighted by Crippen LogP contribution is 2.63.